The van der Waals surface area contributed by atoms with Gasteiger partial charge in [0.1, 0.15) is 5.82 Å². The van der Waals surface area contributed by atoms with Crippen molar-refractivity contribution in [2.24, 2.45) is 11.3 Å². The summed E-state index contributed by atoms with van der Waals surface area (Å²) in [5.74, 6) is 0.967. The highest BCUT2D eigenvalue weighted by molar-refractivity contribution is 7.87. The van der Waals surface area contributed by atoms with Crippen molar-refractivity contribution in [3.05, 3.63) is 54.0 Å². The fourth-order valence-corrected chi connectivity index (χ4v) is 8.78. The van der Waals surface area contributed by atoms with E-state index in [0.717, 1.165) is 50.2 Å². The van der Waals surface area contributed by atoms with E-state index in [2.05, 4.69) is 31.8 Å². The van der Waals surface area contributed by atoms with Gasteiger partial charge in [0, 0.05) is 62.8 Å². The number of halogens is 1. The molecular weight excluding hydrogens is 519 g/mol. The zero-order chi connectivity index (χ0) is 27.0. The predicted octanol–water partition coefficient (Wildman–Crippen LogP) is 2.64. The first-order chi connectivity index (χ1) is 18.8. The summed E-state index contributed by atoms with van der Waals surface area (Å²) in [6, 6.07) is 10.5. The van der Waals surface area contributed by atoms with Crippen LogP contribution in [0.2, 0.25) is 0 Å². The molecule has 0 amide bonds. The Balaban J connectivity index is 1.07. The number of aromatic nitrogens is 2. The number of hydrogen-bond acceptors (Lipinski definition) is 7. The minimum absolute atomic E-state index is 0.0125. The van der Waals surface area contributed by atoms with Crippen LogP contribution in [0, 0.1) is 17.2 Å². The summed E-state index contributed by atoms with van der Waals surface area (Å²) in [4.78, 5) is 4.41. The molecular formula is C28H39FN6O3S. The van der Waals surface area contributed by atoms with E-state index in [1.54, 1.807) is 22.6 Å². The zero-order valence-corrected chi connectivity index (χ0v) is 23.4. The molecule has 39 heavy (non-hydrogen) atoms. The molecule has 1 aromatic carbocycles. The van der Waals surface area contributed by atoms with Crippen LogP contribution in [-0.2, 0) is 14.9 Å². The van der Waals surface area contributed by atoms with Crippen LogP contribution in [0.25, 0.3) is 0 Å². The van der Waals surface area contributed by atoms with Crippen molar-refractivity contribution in [3.63, 3.8) is 0 Å². The van der Waals surface area contributed by atoms with E-state index in [9.17, 15) is 12.8 Å². The first-order valence-corrected chi connectivity index (χ1v) is 15.6. The van der Waals surface area contributed by atoms with Gasteiger partial charge in [0.05, 0.1) is 12.7 Å². The Hall–Kier alpha value is -2.18. The van der Waals surface area contributed by atoms with Gasteiger partial charge in [-0.2, -0.15) is 22.5 Å². The number of hydrogen-bond donors (Lipinski definition) is 1. The predicted molar refractivity (Wildman–Crippen MR) is 147 cm³/mol. The van der Waals surface area contributed by atoms with E-state index in [4.69, 9.17) is 4.74 Å². The second kappa shape index (κ2) is 11.0. The Morgan fingerprint density at radius 3 is 2.56 bits per heavy atom. The van der Waals surface area contributed by atoms with Crippen molar-refractivity contribution in [2.45, 2.75) is 50.2 Å². The van der Waals surface area contributed by atoms with E-state index in [1.165, 1.54) is 6.07 Å². The molecule has 1 saturated carbocycles. The molecule has 11 heteroatoms. The summed E-state index contributed by atoms with van der Waals surface area (Å²) >= 11 is 0. The molecule has 0 radical (unpaired) electrons. The Labute approximate surface area is 230 Å². The fraction of sp³-hybridized carbons (Fsp3) is 0.643. The second-order valence-corrected chi connectivity index (χ2v) is 13.8. The lowest BCUT2D eigenvalue weighted by molar-refractivity contribution is -0.0680. The van der Waals surface area contributed by atoms with E-state index < -0.39 is 10.2 Å². The number of nitrogens with zero attached hydrogens (tertiary/aromatic N) is 5. The maximum atomic E-state index is 13.7. The van der Waals surface area contributed by atoms with Crippen molar-refractivity contribution in [3.8, 4) is 0 Å². The standard InChI is InChI=1S/C28H39FN6O3S/c1-33-17-28(18-33)19-35(20-28)39(36,37)32-26-11-13-34(27-6-3-12-30-31-27)15-23(26)16-38-25-9-7-21(8-10-25)22-4-2-5-24(29)14-22/h2-6,12,14,21,23,25-26,32H,7-11,13,15-20H2,1H3/t21?,23-,25?,26-/m0/s1. The number of ether oxygens (including phenoxy) is 1. The third-order valence-corrected chi connectivity index (χ3v) is 10.6. The first kappa shape index (κ1) is 27.0. The third kappa shape index (κ3) is 5.97. The number of nitrogens with one attached hydrogen (secondary N) is 1. The summed E-state index contributed by atoms with van der Waals surface area (Å²) in [6.07, 6.45) is 6.23. The molecule has 4 fully saturated rings. The Bertz CT molecular complexity index is 1230. The summed E-state index contributed by atoms with van der Waals surface area (Å²) in [7, 11) is -1.48. The summed E-state index contributed by atoms with van der Waals surface area (Å²) in [6.45, 7) is 4.96. The van der Waals surface area contributed by atoms with Crippen LogP contribution in [0.1, 0.15) is 43.6 Å². The lowest BCUT2D eigenvalue weighted by Gasteiger charge is -2.58. The van der Waals surface area contributed by atoms with Gasteiger partial charge in [-0.25, -0.2) is 4.39 Å². The van der Waals surface area contributed by atoms with Gasteiger partial charge in [-0.05, 0) is 74.9 Å². The van der Waals surface area contributed by atoms with E-state index in [1.807, 2.05) is 18.2 Å². The van der Waals surface area contributed by atoms with Gasteiger partial charge in [-0.15, -0.1) is 5.10 Å². The summed E-state index contributed by atoms with van der Waals surface area (Å²) in [5, 5.41) is 8.30. The normalized spacial score (nSPS) is 29.6. The molecule has 0 bridgehead atoms. The lowest BCUT2D eigenvalue weighted by atomic mass is 9.75. The van der Waals surface area contributed by atoms with Gasteiger partial charge in [0.15, 0.2) is 5.82 Å². The molecule has 1 N–H and O–H groups in total. The van der Waals surface area contributed by atoms with Crippen molar-refractivity contribution in [1.29, 1.82) is 0 Å². The van der Waals surface area contributed by atoms with Crippen molar-refractivity contribution < 1.29 is 17.5 Å². The monoisotopic (exact) mass is 558 g/mol. The van der Waals surface area contributed by atoms with Crippen LogP contribution in [0.5, 0.6) is 0 Å². The molecule has 212 valence electrons. The number of rotatable bonds is 8. The largest absolute Gasteiger partial charge is 0.378 e. The molecule has 0 unspecified atom stereocenters. The number of piperidine rings is 1. The maximum Gasteiger partial charge on any atom is 0.279 e. The van der Waals surface area contributed by atoms with Gasteiger partial charge in [-0.3, -0.25) is 0 Å². The van der Waals surface area contributed by atoms with Crippen LogP contribution in [0.4, 0.5) is 10.2 Å². The second-order valence-electron chi connectivity index (χ2n) is 12.1. The molecule has 4 heterocycles. The number of benzene rings is 1. The van der Waals surface area contributed by atoms with Gasteiger partial charge in [0.25, 0.3) is 10.2 Å². The topological polar surface area (TPSA) is 90.9 Å². The van der Waals surface area contributed by atoms with E-state index in [0.29, 0.717) is 45.1 Å². The highest BCUT2D eigenvalue weighted by Crippen LogP contribution is 2.40. The SMILES string of the molecule is CN1CC2(C1)CN(S(=O)(=O)N[C@H]1CCN(c3cccnn3)C[C@H]1COC1CCC(c3cccc(F)c3)CC1)C2. The number of likely N-dealkylation sites (tertiary alicyclic amines) is 1. The molecule has 1 aliphatic carbocycles. The van der Waals surface area contributed by atoms with Gasteiger partial charge in [-0.1, -0.05) is 12.1 Å². The van der Waals surface area contributed by atoms with Crippen LogP contribution in [-0.4, -0.2) is 92.9 Å². The van der Waals surface area contributed by atoms with Crippen molar-refractivity contribution in [1.82, 2.24) is 24.1 Å². The van der Waals surface area contributed by atoms with Gasteiger partial charge in [0.2, 0.25) is 0 Å². The molecule has 9 nitrogen and oxygen atoms in total. The Kier molecular flexibility index (Phi) is 7.62. The highest BCUT2D eigenvalue weighted by atomic mass is 32.2. The molecule has 1 aromatic heterocycles. The lowest BCUT2D eigenvalue weighted by Crippen LogP contribution is -2.73. The molecule has 6 rings (SSSR count). The molecule has 2 aromatic rings. The maximum absolute atomic E-state index is 13.7. The van der Waals surface area contributed by atoms with Crippen molar-refractivity contribution in [2.75, 3.05) is 57.8 Å². The Morgan fingerprint density at radius 2 is 1.87 bits per heavy atom. The molecule has 4 aliphatic rings. The highest BCUT2D eigenvalue weighted by Gasteiger charge is 2.54. The summed E-state index contributed by atoms with van der Waals surface area (Å²) in [5.41, 5.74) is 1.21. The van der Waals surface area contributed by atoms with Gasteiger partial charge >= 0.3 is 0 Å². The van der Waals surface area contributed by atoms with Crippen LogP contribution < -0.4 is 9.62 Å². The van der Waals surface area contributed by atoms with E-state index in [-0.39, 0.29) is 29.3 Å². The summed E-state index contributed by atoms with van der Waals surface area (Å²) < 4.78 is 51.3. The van der Waals surface area contributed by atoms with Crippen LogP contribution in [0.3, 0.4) is 0 Å². The van der Waals surface area contributed by atoms with Crippen LogP contribution in [0.15, 0.2) is 42.6 Å². The molecule has 3 aliphatic heterocycles. The Morgan fingerprint density at radius 1 is 1.08 bits per heavy atom. The van der Waals surface area contributed by atoms with E-state index >= 15 is 0 Å². The molecule has 2 atom stereocenters. The van der Waals surface area contributed by atoms with Crippen LogP contribution >= 0.6 is 0 Å². The third-order valence-electron chi connectivity index (χ3n) is 9.03. The minimum atomic E-state index is -3.56. The minimum Gasteiger partial charge on any atom is -0.378 e. The van der Waals surface area contributed by atoms with Crippen molar-refractivity contribution >= 4 is 16.0 Å². The quantitative estimate of drug-likeness (QED) is 0.533. The first-order valence-electron chi connectivity index (χ1n) is 14.1. The number of anilines is 1. The average Bonchev–Trinajstić information content (AvgIpc) is 2.90. The zero-order valence-electron chi connectivity index (χ0n) is 22.6. The average molecular weight is 559 g/mol. The fourth-order valence-electron chi connectivity index (χ4n) is 7.05. The van der Waals surface area contributed by atoms with Gasteiger partial charge < -0.3 is 14.5 Å². The smallest absolute Gasteiger partial charge is 0.279 e. The molecule has 1 spiro atoms. The molecule has 3 saturated heterocycles.